The van der Waals surface area contributed by atoms with Crippen LogP contribution in [0.3, 0.4) is 0 Å². The first-order chi connectivity index (χ1) is 9.58. The molecule has 0 aliphatic rings. The molecule has 106 valence electrons. The summed E-state index contributed by atoms with van der Waals surface area (Å²) in [6.07, 6.45) is 0.853. The molecule has 2 heterocycles. The summed E-state index contributed by atoms with van der Waals surface area (Å²) in [4.78, 5) is 24.2. The molecule has 0 bridgehead atoms. The number of aryl methyl sites for hydroxylation is 1. The summed E-state index contributed by atoms with van der Waals surface area (Å²) in [6, 6.07) is 6.29. The molecule has 2 amide bonds. The highest BCUT2D eigenvalue weighted by atomic mass is 32.1. The van der Waals surface area contributed by atoms with Crippen molar-refractivity contribution in [3.8, 4) is 0 Å². The molecule has 20 heavy (non-hydrogen) atoms. The number of pyridine rings is 1. The van der Waals surface area contributed by atoms with Crippen LogP contribution in [0.5, 0.6) is 0 Å². The van der Waals surface area contributed by atoms with Gasteiger partial charge in [0.1, 0.15) is 11.8 Å². The molecule has 0 saturated carbocycles. The van der Waals surface area contributed by atoms with Crippen LogP contribution in [0, 0.1) is 0 Å². The summed E-state index contributed by atoms with van der Waals surface area (Å²) in [5, 5.41) is 16.7. The molecule has 2 aromatic rings. The number of hydrogen-bond donors (Lipinski definition) is 3. The molecule has 0 unspecified atom stereocenters. The number of aliphatic hydroxyl groups excluding tert-OH is 1. The number of anilines is 1. The average Bonchev–Trinajstić information content (AvgIpc) is 2.95. The zero-order valence-electron chi connectivity index (χ0n) is 10.9. The molecule has 0 aliphatic carbocycles. The first-order valence-corrected chi connectivity index (χ1v) is 6.88. The van der Waals surface area contributed by atoms with Gasteiger partial charge in [0.25, 0.3) is 5.56 Å². The molecule has 7 heteroatoms. The van der Waals surface area contributed by atoms with Gasteiger partial charge >= 0.3 is 6.03 Å². The highest BCUT2D eigenvalue weighted by molar-refractivity contribution is 7.10. The fourth-order valence-corrected chi connectivity index (χ4v) is 2.34. The molecule has 0 fully saturated rings. The van der Waals surface area contributed by atoms with Crippen LogP contribution in [0.4, 0.5) is 10.5 Å². The fraction of sp³-hybridized carbons (Fsp3) is 0.231. The Morgan fingerprint density at radius 3 is 2.95 bits per heavy atom. The monoisotopic (exact) mass is 293 g/mol. The number of urea groups is 1. The lowest BCUT2D eigenvalue weighted by atomic mass is 10.3. The maximum Gasteiger partial charge on any atom is 0.319 e. The van der Waals surface area contributed by atoms with Crippen LogP contribution < -0.4 is 16.2 Å². The van der Waals surface area contributed by atoms with Gasteiger partial charge in [-0.15, -0.1) is 11.3 Å². The van der Waals surface area contributed by atoms with Crippen LogP contribution in [0.2, 0.25) is 0 Å². The van der Waals surface area contributed by atoms with E-state index in [1.54, 1.807) is 25.4 Å². The molecular weight excluding hydrogens is 278 g/mol. The maximum absolute atomic E-state index is 11.7. The van der Waals surface area contributed by atoms with Crippen molar-refractivity contribution in [2.24, 2.45) is 7.05 Å². The number of hydrogen-bond acceptors (Lipinski definition) is 4. The van der Waals surface area contributed by atoms with E-state index >= 15 is 0 Å². The Bertz CT molecular complexity index is 637. The van der Waals surface area contributed by atoms with Crippen LogP contribution >= 0.6 is 11.3 Å². The van der Waals surface area contributed by atoms with E-state index in [1.165, 1.54) is 22.0 Å². The fourth-order valence-electron chi connectivity index (χ4n) is 1.63. The molecule has 0 spiro atoms. The Labute approximate surface area is 119 Å². The van der Waals surface area contributed by atoms with Crippen molar-refractivity contribution in [3.05, 3.63) is 51.1 Å². The number of thiophene rings is 1. The Morgan fingerprint density at radius 1 is 1.45 bits per heavy atom. The second-order valence-corrected chi connectivity index (χ2v) is 5.18. The number of carbonyl (C=O) groups is 1. The third-order valence-electron chi connectivity index (χ3n) is 2.70. The van der Waals surface area contributed by atoms with E-state index in [0.717, 1.165) is 4.88 Å². The van der Waals surface area contributed by atoms with Crippen molar-refractivity contribution >= 4 is 23.1 Å². The normalized spacial score (nSPS) is 11.9. The number of rotatable bonds is 4. The minimum atomic E-state index is -0.751. The topological polar surface area (TPSA) is 83.4 Å². The predicted octanol–water partition coefficient (Wildman–Crippen LogP) is 1.30. The maximum atomic E-state index is 11.7. The molecular formula is C13H15N3O3S. The Morgan fingerprint density at radius 2 is 2.25 bits per heavy atom. The van der Waals surface area contributed by atoms with Crippen molar-refractivity contribution in [1.29, 1.82) is 0 Å². The number of nitrogens with one attached hydrogen (secondary N) is 2. The summed E-state index contributed by atoms with van der Waals surface area (Å²) in [5.41, 5.74) is -0.0976. The lowest BCUT2D eigenvalue weighted by Gasteiger charge is -2.11. The molecule has 2 rings (SSSR count). The van der Waals surface area contributed by atoms with Gasteiger partial charge in [0, 0.05) is 18.1 Å². The van der Waals surface area contributed by atoms with E-state index in [0.29, 0.717) is 0 Å². The van der Waals surface area contributed by atoms with Crippen molar-refractivity contribution in [2.75, 3.05) is 11.9 Å². The van der Waals surface area contributed by atoms with Gasteiger partial charge in [0.2, 0.25) is 0 Å². The first-order valence-electron chi connectivity index (χ1n) is 6.00. The van der Waals surface area contributed by atoms with Gasteiger partial charge in [0.15, 0.2) is 0 Å². The third-order valence-corrected chi connectivity index (χ3v) is 3.67. The minimum absolute atomic E-state index is 0.0828. The Hall–Kier alpha value is -2.12. The number of aromatic nitrogens is 1. The molecule has 0 aromatic carbocycles. The largest absolute Gasteiger partial charge is 0.386 e. The second kappa shape index (κ2) is 6.36. The lowest BCUT2D eigenvalue weighted by Crippen LogP contribution is -2.34. The summed E-state index contributed by atoms with van der Waals surface area (Å²) < 4.78 is 1.37. The Kier molecular flexibility index (Phi) is 4.54. The smallest absolute Gasteiger partial charge is 0.319 e. The van der Waals surface area contributed by atoms with Crippen molar-refractivity contribution < 1.29 is 9.90 Å². The van der Waals surface area contributed by atoms with E-state index in [9.17, 15) is 14.7 Å². The van der Waals surface area contributed by atoms with Crippen molar-refractivity contribution in [2.45, 2.75) is 6.10 Å². The van der Waals surface area contributed by atoms with E-state index in [1.807, 2.05) is 11.4 Å². The van der Waals surface area contributed by atoms with E-state index in [-0.39, 0.29) is 17.8 Å². The molecule has 6 nitrogen and oxygen atoms in total. The van der Waals surface area contributed by atoms with Crippen LogP contribution in [-0.4, -0.2) is 22.2 Å². The van der Waals surface area contributed by atoms with Gasteiger partial charge in [-0.25, -0.2) is 4.79 Å². The Balaban J connectivity index is 1.90. The average molecular weight is 293 g/mol. The SMILES string of the molecule is Cn1cccc(NC(=O)NC[C@H](O)c2cccs2)c1=O. The number of carbonyl (C=O) groups excluding carboxylic acids is 1. The summed E-state index contributed by atoms with van der Waals surface area (Å²) in [7, 11) is 1.60. The number of aliphatic hydroxyl groups is 1. The number of amides is 2. The van der Waals surface area contributed by atoms with Gasteiger partial charge in [-0.2, -0.15) is 0 Å². The van der Waals surface area contributed by atoms with Crippen molar-refractivity contribution in [3.63, 3.8) is 0 Å². The zero-order valence-corrected chi connectivity index (χ0v) is 11.7. The lowest BCUT2D eigenvalue weighted by molar-refractivity contribution is 0.178. The van der Waals surface area contributed by atoms with Gasteiger partial charge in [0.05, 0.1) is 6.54 Å². The van der Waals surface area contributed by atoms with E-state index in [2.05, 4.69) is 10.6 Å². The molecule has 0 saturated heterocycles. The standard InChI is InChI=1S/C13H15N3O3S/c1-16-6-2-4-9(12(16)18)15-13(19)14-8-10(17)11-5-3-7-20-11/h2-7,10,17H,8H2,1H3,(H2,14,15,19)/t10-/m0/s1. The van der Waals surface area contributed by atoms with Gasteiger partial charge < -0.3 is 20.3 Å². The molecule has 2 aromatic heterocycles. The number of nitrogens with zero attached hydrogens (tertiary/aromatic N) is 1. The summed E-state index contributed by atoms with van der Waals surface area (Å²) in [6.45, 7) is 0.0828. The van der Waals surface area contributed by atoms with Gasteiger partial charge in [-0.05, 0) is 23.6 Å². The van der Waals surface area contributed by atoms with Gasteiger partial charge in [-0.1, -0.05) is 6.07 Å². The van der Waals surface area contributed by atoms with Crippen LogP contribution in [0.25, 0.3) is 0 Å². The molecule has 0 aliphatic heterocycles. The predicted molar refractivity (Wildman–Crippen MR) is 78.0 cm³/mol. The molecule has 0 radical (unpaired) electrons. The third kappa shape index (κ3) is 3.46. The van der Waals surface area contributed by atoms with Crippen LogP contribution in [0.15, 0.2) is 40.6 Å². The summed E-state index contributed by atoms with van der Waals surface area (Å²) >= 11 is 1.42. The second-order valence-electron chi connectivity index (χ2n) is 4.20. The van der Waals surface area contributed by atoms with E-state index < -0.39 is 12.1 Å². The highest BCUT2D eigenvalue weighted by Crippen LogP contribution is 2.17. The zero-order chi connectivity index (χ0) is 14.5. The quantitative estimate of drug-likeness (QED) is 0.794. The minimum Gasteiger partial charge on any atom is -0.386 e. The van der Waals surface area contributed by atoms with Crippen LogP contribution in [0.1, 0.15) is 11.0 Å². The summed E-state index contributed by atoms with van der Waals surface area (Å²) in [5.74, 6) is 0. The molecule has 3 N–H and O–H groups in total. The van der Waals surface area contributed by atoms with Gasteiger partial charge in [-0.3, -0.25) is 4.79 Å². The first kappa shape index (κ1) is 14.3. The molecule has 1 atom stereocenters. The van der Waals surface area contributed by atoms with Crippen LogP contribution in [-0.2, 0) is 7.05 Å². The van der Waals surface area contributed by atoms with Crippen molar-refractivity contribution in [1.82, 2.24) is 9.88 Å². The highest BCUT2D eigenvalue weighted by Gasteiger charge is 2.11. The van der Waals surface area contributed by atoms with E-state index in [4.69, 9.17) is 0 Å².